The van der Waals surface area contributed by atoms with Crippen LogP contribution in [0.5, 0.6) is 0 Å². The Hall–Kier alpha value is -3.11. The number of halogens is 1. The fourth-order valence-electron chi connectivity index (χ4n) is 3.64. The van der Waals surface area contributed by atoms with Crippen LogP contribution in [0.15, 0.2) is 78.9 Å². The molecule has 0 spiro atoms. The maximum absolute atomic E-state index is 12.3. The number of hydrogen-bond donors (Lipinski definition) is 1. The lowest BCUT2D eigenvalue weighted by Gasteiger charge is -2.10. The van der Waals surface area contributed by atoms with Gasteiger partial charge in [0.05, 0.1) is 17.5 Å². The van der Waals surface area contributed by atoms with Crippen LogP contribution in [0.4, 0.5) is 0 Å². The molecule has 3 aromatic carbocycles. The molecule has 0 aliphatic carbocycles. The predicted octanol–water partition coefficient (Wildman–Crippen LogP) is 4.83. The highest BCUT2D eigenvalue weighted by atomic mass is 35.5. The highest BCUT2D eigenvalue weighted by Gasteiger charge is 2.12. The molecular weight excluding hydrogens is 394 g/mol. The highest BCUT2D eigenvalue weighted by Crippen LogP contribution is 2.18. The zero-order chi connectivity index (χ0) is 20.8. The molecule has 4 rings (SSSR count). The van der Waals surface area contributed by atoms with Crippen LogP contribution in [0, 0.1) is 0 Å². The smallest absolute Gasteiger partial charge is 0.224 e. The largest absolute Gasteiger partial charge is 0.355 e. The summed E-state index contributed by atoms with van der Waals surface area (Å²) in [4.78, 5) is 17.1. The maximum atomic E-state index is 12.3. The van der Waals surface area contributed by atoms with Gasteiger partial charge in [0.15, 0.2) is 0 Å². The van der Waals surface area contributed by atoms with E-state index in [1.807, 2.05) is 42.5 Å². The Morgan fingerprint density at radius 3 is 2.47 bits per heavy atom. The normalized spacial score (nSPS) is 11.0. The van der Waals surface area contributed by atoms with Crippen LogP contribution in [0.1, 0.15) is 17.0 Å². The predicted molar refractivity (Wildman–Crippen MR) is 122 cm³/mol. The van der Waals surface area contributed by atoms with Crippen molar-refractivity contribution < 1.29 is 4.79 Å². The van der Waals surface area contributed by atoms with Crippen molar-refractivity contribution in [1.29, 1.82) is 0 Å². The van der Waals surface area contributed by atoms with Crippen molar-refractivity contribution >= 4 is 28.5 Å². The zero-order valence-electron chi connectivity index (χ0n) is 16.7. The number of aryl methyl sites for hydroxylation is 2. The van der Waals surface area contributed by atoms with E-state index in [2.05, 4.69) is 40.2 Å². The van der Waals surface area contributed by atoms with E-state index in [9.17, 15) is 4.79 Å². The van der Waals surface area contributed by atoms with Crippen molar-refractivity contribution in [3.05, 3.63) is 101 Å². The number of nitrogens with zero attached hydrogens (tertiary/aromatic N) is 2. The first-order valence-corrected chi connectivity index (χ1v) is 10.6. The number of nitrogens with one attached hydrogen (secondary N) is 1. The Morgan fingerprint density at radius 1 is 0.900 bits per heavy atom. The van der Waals surface area contributed by atoms with Gasteiger partial charge >= 0.3 is 0 Å². The molecule has 0 aliphatic rings. The summed E-state index contributed by atoms with van der Waals surface area (Å²) in [5.41, 5.74) is 4.26. The van der Waals surface area contributed by atoms with E-state index in [-0.39, 0.29) is 12.3 Å². The quantitative estimate of drug-likeness (QED) is 0.446. The monoisotopic (exact) mass is 417 g/mol. The SMILES string of the molecule is O=C(Cc1ccccc1Cl)NCCc1nc2ccccc2n1CCc1ccccc1. The fraction of sp³-hybridized carbons (Fsp3) is 0.200. The Balaban J connectivity index is 1.42. The van der Waals surface area contributed by atoms with Gasteiger partial charge < -0.3 is 9.88 Å². The lowest BCUT2D eigenvalue weighted by molar-refractivity contribution is -0.120. The third-order valence-corrected chi connectivity index (χ3v) is 5.55. The van der Waals surface area contributed by atoms with Gasteiger partial charge in [-0.15, -0.1) is 0 Å². The molecule has 0 saturated heterocycles. The summed E-state index contributed by atoms with van der Waals surface area (Å²) >= 11 is 6.16. The van der Waals surface area contributed by atoms with E-state index in [1.54, 1.807) is 6.07 Å². The van der Waals surface area contributed by atoms with E-state index in [1.165, 1.54) is 5.56 Å². The van der Waals surface area contributed by atoms with Gasteiger partial charge in [-0.2, -0.15) is 0 Å². The van der Waals surface area contributed by atoms with Crippen molar-refractivity contribution in [2.75, 3.05) is 6.54 Å². The van der Waals surface area contributed by atoms with Crippen LogP contribution < -0.4 is 5.32 Å². The number of hydrogen-bond acceptors (Lipinski definition) is 2. The van der Waals surface area contributed by atoms with Gasteiger partial charge in [-0.25, -0.2) is 4.98 Å². The number of imidazole rings is 1. The van der Waals surface area contributed by atoms with Crippen LogP contribution in [-0.2, 0) is 30.6 Å². The molecule has 1 amide bonds. The van der Waals surface area contributed by atoms with Gasteiger partial charge in [0.1, 0.15) is 5.82 Å². The lowest BCUT2D eigenvalue weighted by Crippen LogP contribution is -2.28. The number of fused-ring (bicyclic) bond motifs is 1. The minimum Gasteiger partial charge on any atom is -0.355 e. The van der Waals surface area contributed by atoms with Crippen molar-refractivity contribution in [1.82, 2.24) is 14.9 Å². The van der Waals surface area contributed by atoms with Crippen LogP contribution in [0.2, 0.25) is 5.02 Å². The molecule has 1 aromatic heterocycles. The number of rotatable bonds is 8. The fourth-order valence-corrected chi connectivity index (χ4v) is 3.84. The molecule has 4 aromatic rings. The molecule has 152 valence electrons. The Bertz CT molecular complexity index is 1140. The second-order valence-corrected chi connectivity index (χ2v) is 7.68. The van der Waals surface area contributed by atoms with E-state index < -0.39 is 0 Å². The van der Waals surface area contributed by atoms with E-state index in [0.29, 0.717) is 18.0 Å². The number of amides is 1. The molecule has 0 aliphatic heterocycles. The van der Waals surface area contributed by atoms with Crippen LogP contribution in [-0.4, -0.2) is 22.0 Å². The highest BCUT2D eigenvalue weighted by molar-refractivity contribution is 6.31. The molecule has 0 radical (unpaired) electrons. The molecule has 0 bridgehead atoms. The first kappa shape index (κ1) is 20.2. The van der Waals surface area contributed by atoms with Gasteiger partial charge in [-0.1, -0.05) is 72.3 Å². The average molecular weight is 418 g/mol. The summed E-state index contributed by atoms with van der Waals surface area (Å²) in [7, 11) is 0. The summed E-state index contributed by atoms with van der Waals surface area (Å²) in [6, 6.07) is 26.1. The molecule has 1 N–H and O–H groups in total. The molecule has 0 saturated carbocycles. The minimum atomic E-state index is -0.0324. The van der Waals surface area contributed by atoms with Crippen molar-refractivity contribution in [3.8, 4) is 0 Å². The van der Waals surface area contributed by atoms with Gasteiger partial charge in [0, 0.05) is 24.5 Å². The zero-order valence-corrected chi connectivity index (χ0v) is 17.5. The van der Waals surface area contributed by atoms with E-state index in [0.717, 1.165) is 35.4 Å². The molecule has 0 unspecified atom stereocenters. The van der Waals surface area contributed by atoms with Crippen LogP contribution in [0.3, 0.4) is 0 Å². The van der Waals surface area contributed by atoms with Gasteiger partial charge in [0.2, 0.25) is 5.91 Å². The van der Waals surface area contributed by atoms with E-state index >= 15 is 0 Å². The summed E-state index contributed by atoms with van der Waals surface area (Å²) < 4.78 is 2.27. The number of carbonyl (C=O) groups excluding carboxylic acids is 1. The molecule has 0 atom stereocenters. The number of aromatic nitrogens is 2. The average Bonchev–Trinajstić information content (AvgIpc) is 3.12. The molecule has 0 fully saturated rings. The second-order valence-electron chi connectivity index (χ2n) is 7.27. The van der Waals surface area contributed by atoms with Gasteiger partial charge in [0.25, 0.3) is 0 Å². The Morgan fingerprint density at radius 2 is 1.63 bits per heavy atom. The topological polar surface area (TPSA) is 46.9 Å². The first-order chi connectivity index (χ1) is 14.7. The molecule has 30 heavy (non-hydrogen) atoms. The molecular formula is C25H24ClN3O. The third kappa shape index (κ3) is 4.89. The molecule has 1 heterocycles. The van der Waals surface area contributed by atoms with Crippen LogP contribution >= 0.6 is 11.6 Å². The van der Waals surface area contributed by atoms with Crippen molar-refractivity contribution in [2.45, 2.75) is 25.8 Å². The summed E-state index contributed by atoms with van der Waals surface area (Å²) in [6.45, 7) is 1.39. The summed E-state index contributed by atoms with van der Waals surface area (Å²) in [5.74, 6) is 0.959. The lowest BCUT2D eigenvalue weighted by atomic mass is 10.1. The Labute approximate surface area is 181 Å². The standard InChI is InChI=1S/C25H24ClN3O/c26-21-11-5-4-10-20(21)18-25(30)27-16-14-24-28-22-12-6-7-13-23(22)29(24)17-15-19-8-2-1-3-9-19/h1-13H,14-18H2,(H,27,30). The Kier molecular flexibility index (Phi) is 6.45. The number of benzene rings is 3. The second kappa shape index (κ2) is 9.59. The maximum Gasteiger partial charge on any atom is 0.224 e. The summed E-state index contributed by atoms with van der Waals surface area (Å²) in [6.07, 6.45) is 1.90. The minimum absolute atomic E-state index is 0.0324. The van der Waals surface area contributed by atoms with Gasteiger partial charge in [-0.05, 0) is 35.7 Å². The van der Waals surface area contributed by atoms with Gasteiger partial charge in [-0.3, -0.25) is 4.79 Å². The molecule has 5 heteroatoms. The molecule has 4 nitrogen and oxygen atoms in total. The van der Waals surface area contributed by atoms with Crippen molar-refractivity contribution in [3.63, 3.8) is 0 Å². The summed E-state index contributed by atoms with van der Waals surface area (Å²) in [5, 5.41) is 3.62. The van der Waals surface area contributed by atoms with Crippen LogP contribution in [0.25, 0.3) is 11.0 Å². The number of para-hydroxylation sites is 2. The number of carbonyl (C=O) groups is 1. The van der Waals surface area contributed by atoms with Crippen molar-refractivity contribution in [2.24, 2.45) is 0 Å². The third-order valence-electron chi connectivity index (χ3n) is 5.18. The first-order valence-electron chi connectivity index (χ1n) is 10.2. The van der Waals surface area contributed by atoms with E-state index in [4.69, 9.17) is 16.6 Å².